The standard InChI is InChI=1S/C11H17N3OS/c1-9-4-5-10(13-8-9)14-11(16)12-6-3-7-15-2/h4-5,8H,3,6-7H2,1-2H3,(H2,12,13,14,16). The first-order valence-electron chi connectivity index (χ1n) is 5.19. The van der Waals surface area contributed by atoms with Gasteiger partial charge in [-0.2, -0.15) is 0 Å². The number of anilines is 1. The highest BCUT2D eigenvalue weighted by Crippen LogP contribution is 2.03. The number of rotatable bonds is 5. The fraction of sp³-hybridized carbons (Fsp3) is 0.455. The van der Waals surface area contributed by atoms with Crippen molar-refractivity contribution in [1.29, 1.82) is 0 Å². The molecule has 0 bridgehead atoms. The van der Waals surface area contributed by atoms with E-state index in [1.807, 2.05) is 19.1 Å². The molecule has 0 aliphatic carbocycles. The largest absolute Gasteiger partial charge is 0.385 e. The quantitative estimate of drug-likeness (QED) is 0.605. The van der Waals surface area contributed by atoms with Crippen LogP contribution in [0.15, 0.2) is 18.3 Å². The second-order valence-corrected chi connectivity index (χ2v) is 3.86. The van der Waals surface area contributed by atoms with Crippen molar-refractivity contribution in [1.82, 2.24) is 10.3 Å². The monoisotopic (exact) mass is 239 g/mol. The van der Waals surface area contributed by atoms with Gasteiger partial charge in [-0.15, -0.1) is 0 Å². The lowest BCUT2D eigenvalue weighted by atomic mass is 10.3. The molecule has 0 aliphatic rings. The van der Waals surface area contributed by atoms with Crippen LogP contribution in [0.1, 0.15) is 12.0 Å². The topological polar surface area (TPSA) is 46.2 Å². The number of thiocarbonyl (C=S) groups is 1. The van der Waals surface area contributed by atoms with Crippen LogP contribution in [-0.4, -0.2) is 30.4 Å². The molecule has 0 aromatic carbocycles. The van der Waals surface area contributed by atoms with Gasteiger partial charge in [0.25, 0.3) is 0 Å². The molecule has 0 saturated carbocycles. The molecule has 1 heterocycles. The van der Waals surface area contributed by atoms with Gasteiger partial charge in [0, 0.05) is 26.5 Å². The molecule has 4 nitrogen and oxygen atoms in total. The van der Waals surface area contributed by atoms with Crippen LogP contribution in [0, 0.1) is 6.92 Å². The van der Waals surface area contributed by atoms with Gasteiger partial charge < -0.3 is 15.4 Å². The van der Waals surface area contributed by atoms with Crippen LogP contribution in [0.25, 0.3) is 0 Å². The Morgan fingerprint density at radius 3 is 2.94 bits per heavy atom. The average Bonchev–Trinajstić information content (AvgIpc) is 2.28. The van der Waals surface area contributed by atoms with Gasteiger partial charge in [0.1, 0.15) is 5.82 Å². The summed E-state index contributed by atoms with van der Waals surface area (Å²) in [5.41, 5.74) is 1.13. The van der Waals surface area contributed by atoms with Crippen LogP contribution >= 0.6 is 12.2 Å². The summed E-state index contributed by atoms with van der Waals surface area (Å²) in [5.74, 6) is 0.759. The molecule has 0 aliphatic heterocycles. The van der Waals surface area contributed by atoms with Crippen molar-refractivity contribution in [3.8, 4) is 0 Å². The fourth-order valence-corrected chi connectivity index (χ4v) is 1.33. The van der Waals surface area contributed by atoms with E-state index in [4.69, 9.17) is 17.0 Å². The third-order valence-electron chi connectivity index (χ3n) is 1.96. The van der Waals surface area contributed by atoms with Crippen LogP contribution in [0.2, 0.25) is 0 Å². The molecule has 1 aromatic heterocycles. The second kappa shape index (κ2) is 7.14. The van der Waals surface area contributed by atoms with E-state index in [0.717, 1.165) is 31.0 Å². The molecule has 16 heavy (non-hydrogen) atoms. The number of nitrogens with zero attached hydrogens (tertiary/aromatic N) is 1. The lowest BCUT2D eigenvalue weighted by Gasteiger charge is -2.09. The normalized spacial score (nSPS) is 9.88. The number of nitrogens with one attached hydrogen (secondary N) is 2. The summed E-state index contributed by atoms with van der Waals surface area (Å²) in [6.45, 7) is 3.53. The fourth-order valence-electron chi connectivity index (χ4n) is 1.12. The van der Waals surface area contributed by atoms with E-state index in [9.17, 15) is 0 Å². The van der Waals surface area contributed by atoms with Gasteiger partial charge in [-0.25, -0.2) is 4.98 Å². The van der Waals surface area contributed by atoms with Crippen molar-refractivity contribution < 1.29 is 4.74 Å². The summed E-state index contributed by atoms with van der Waals surface area (Å²) in [4.78, 5) is 4.20. The van der Waals surface area contributed by atoms with E-state index in [0.29, 0.717) is 5.11 Å². The molecule has 0 radical (unpaired) electrons. The lowest BCUT2D eigenvalue weighted by Crippen LogP contribution is -2.30. The molecule has 1 rings (SSSR count). The molecule has 0 saturated heterocycles. The SMILES string of the molecule is COCCCNC(=S)Nc1ccc(C)cn1. The minimum Gasteiger partial charge on any atom is -0.385 e. The molecule has 0 unspecified atom stereocenters. The predicted octanol–water partition coefficient (Wildman–Crippen LogP) is 1.71. The maximum atomic E-state index is 5.12. The van der Waals surface area contributed by atoms with Gasteiger partial charge in [-0.1, -0.05) is 6.07 Å². The highest BCUT2D eigenvalue weighted by atomic mass is 32.1. The molecule has 88 valence electrons. The highest BCUT2D eigenvalue weighted by molar-refractivity contribution is 7.80. The third-order valence-corrected chi connectivity index (χ3v) is 2.21. The average molecular weight is 239 g/mol. The van der Waals surface area contributed by atoms with Gasteiger partial charge in [0.2, 0.25) is 0 Å². The summed E-state index contributed by atoms with van der Waals surface area (Å²) in [6.07, 6.45) is 2.73. The number of methoxy groups -OCH3 is 1. The Labute approximate surface area is 101 Å². The molecule has 0 amide bonds. The predicted molar refractivity (Wildman–Crippen MR) is 69.7 cm³/mol. The summed E-state index contributed by atoms with van der Waals surface area (Å²) in [5, 5.41) is 6.69. The van der Waals surface area contributed by atoms with Gasteiger partial charge in [0.05, 0.1) is 0 Å². The summed E-state index contributed by atoms with van der Waals surface area (Å²) in [7, 11) is 1.69. The maximum absolute atomic E-state index is 5.12. The minimum absolute atomic E-state index is 0.590. The summed E-state index contributed by atoms with van der Waals surface area (Å²) >= 11 is 5.12. The second-order valence-electron chi connectivity index (χ2n) is 3.45. The Balaban J connectivity index is 2.26. The Hall–Kier alpha value is -1.20. The molecule has 0 spiro atoms. The Bertz CT molecular complexity index is 327. The van der Waals surface area contributed by atoms with Crippen LogP contribution in [0.4, 0.5) is 5.82 Å². The van der Waals surface area contributed by atoms with Crippen molar-refractivity contribution in [2.24, 2.45) is 0 Å². The van der Waals surface area contributed by atoms with E-state index in [2.05, 4.69) is 15.6 Å². The maximum Gasteiger partial charge on any atom is 0.171 e. The molecular formula is C11H17N3OS. The zero-order valence-corrected chi connectivity index (χ0v) is 10.4. The summed E-state index contributed by atoms with van der Waals surface area (Å²) < 4.78 is 4.94. The van der Waals surface area contributed by atoms with E-state index in [1.54, 1.807) is 13.3 Å². The third kappa shape index (κ3) is 5.04. The molecule has 0 fully saturated rings. The Morgan fingerprint density at radius 2 is 2.31 bits per heavy atom. The first-order chi connectivity index (χ1) is 7.72. The smallest absolute Gasteiger partial charge is 0.171 e. The molecular weight excluding hydrogens is 222 g/mol. The van der Waals surface area contributed by atoms with Crippen molar-refractivity contribution in [3.63, 3.8) is 0 Å². The highest BCUT2D eigenvalue weighted by Gasteiger charge is 1.97. The molecule has 0 atom stereocenters. The Morgan fingerprint density at radius 1 is 1.50 bits per heavy atom. The number of aromatic nitrogens is 1. The lowest BCUT2D eigenvalue weighted by molar-refractivity contribution is 0.196. The Kier molecular flexibility index (Phi) is 5.74. The van der Waals surface area contributed by atoms with E-state index in [1.165, 1.54) is 0 Å². The van der Waals surface area contributed by atoms with Crippen LogP contribution in [0.5, 0.6) is 0 Å². The number of ether oxygens (including phenoxy) is 1. The first-order valence-corrected chi connectivity index (χ1v) is 5.59. The van der Waals surface area contributed by atoms with Crippen LogP contribution < -0.4 is 10.6 Å². The van der Waals surface area contributed by atoms with E-state index in [-0.39, 0.29) is 0 Å². The summed E-state index contributed by atoms with van der Waals surface area (Å²) in [6, 6.07) is 3.89. The van der Waals surface area contributed by atoms with Gasteiger partial charge >= 0.3 is 0 Å². The van der Waals surface area contributed by atoms with E-state index < -0.39 is 0 Å². The van der Waals surface area contributed by atoms with Gasteiger partial charge in [-0.05, 0) is 37.2 Å². The number of pyridine rings is 1. The van der Waals surface area contributed by atoms with E-state index >= 15 is 0 Å². The minimum atomic E-state index is 0.590. The van der Waals surface area contributed by atoms with Crippen LogP contribution in [-0.2, 0) is 4.74 Å². The van der Waals surface area contributed by atoms with Crippen molar-refractivity contribution in [3.05, 3.63) is 23.9 Å². The number of aryl methyl sites for hydroxylation is 1. The number of hydrogen-bond acceptors (Lipinski definition) is 3. The van der Waals surface area contributed by atoms with Crippen molar-refractivity contribution in [2.75, 3.05) is 25.6 Å². The van der Waals surface area contributed by atoms with Crippen molar-refractivity contribution in [2.45, 2.75) is 13.3 Å². The van der Waals surface area contributed by atoms with Gasteiger partial charge in [-0.3, -0.25) is 0 Å². The number of hydrogen-bond donors (Lipinski definition) is 2. The zero-order chi connectivity index (χ0) is 11.8. The zero-order valence-electron chi connectivity index (χ0n) is 9.62. The van der Waals surface area contributed by atoms with Crippen LogP contribution in [0.3, 0.4) is 0 Å². The van der Waals surface area contributed by atoms with Gasteiger partial charge in [0.15, 0.2) is 5.11 Å². The van der Waals surface area contributed by atoms with Crippen molar-refractivity contribution >= 4 is 23.1 Å². The molecule has 2 N–H and O–H groups in total. The first kappa shape index (κ1) is 12.9. The molecule has 5 heteroatoms. The molecule has 1 aromatic rings.